The average molecular weight is 235 g/mol. The first-order chi connectivity index (χ1) is 8.10. The van der Waals surface area contributed by atoms with Gasteiger partial charge in [0.05, 0.1) is 12.3 Å². The Morgan fingerprint density at radius 3 is 2.65 bits per heavy atom. The van der Waals surface area contributed by atoms with E-state index >= 15 is 0 Å². The van der Waals surface area contributed by atoms with Crippen LogP contribution in [-0.2, 0) is 6.61 Å². The van der Waals surface area contributed by atoms with Crippen LogP contribution in [0.5, 0.6) is 0 Å². The number of aliphatic hydroxyl groups is 1. The molecule has 0 unspecified atom stereocenters. The SMILES string of the molecule is Cc1cc(CO)nc(N(CC(C)C)C2CC2)n1. The van der Waals surface area contributed by atoms with Gasteiger partial charge in [0.25, 0.3) is 0 Å². The summed E-state index contributed by atoms with van der Waals surface area (Å²) in [5, 5.41) is 9.20. The molecule has 0 aromatic carbocycles. The molecule has 4 heteroatoms. The molecule has 0 atom stereocenters. The number of rotatable bonds is 5. The Hall–Kier alpha value is -1.16. The fraction of sp³-hybridized carbons (Fsp3) is 0.692. The molecular formula is C13H21N3O. The molecular weight excluding hydrogens is 214 g/mol. The van der Waals surface area contributed by atoms with Gasteiger partial charge in [-0.15, -0.1) is 0 Å². The topological polar surface area (TPSA) is 49.3 Å². The van der Waals surface area contributed by atoms with Crippen LogP contribution in [0.3, 0.4) is 0 Å². The fourth-order valence-corrected chi connectivity index (χ4v) is 2.00. The zero-order valence-corrected chi connectivity index (χ0v) is 10.8. The van der Waals surface area contributed by atoms with Crippen LogP contribution in [-0.4, -0.2) is 27.7 Å². The summed E-state index contributed by atoms with van der Waals surface area (Å²) in [5.41, 5.74) is 1.63. The maximum atomic E-state index is 9.20. The van der Waals surface area contributed by atoms with Crippen LogP contribution in [0.4, 0.5) is 5.95 Å². The van der Waals surface area contributed by atoms with Gasteiger partial charge in [-0.1, -0.05) is 13.8 Å². The van der Waals surface area contributed by atoms with E-state index in [0.717, 1.165) is 18.2 Å². The lowest BCUT2D eigenvalue weighted by atomic mass is 10.2. The molecule has 4 nitrogen and oxygen atoms in total. The Labute approximate surface area is 103 Å². The van der Waals surface area contributed by atoms with E-state index in [-0.39, 0.29) is 6.61 Å². The molecule has 1 heterocycles. The average Bonchev–Trinajstić information content (AvgIpc) is 3.08. The van der Waals surface area contributed by atoms with E-state index in [2.05, 4.69) is 28.7 Å². The van der Waals surface area contributed by atoms with Crippen molar-refractivity contribution < 1.29 is 5.11 Å². The minimum absolute atomic E-state index is 0.0173. The van der Waals surface area contributed by atoms with Crippen LogP contribution in [0, 0.1) is 12.8 Å². The second kappa shape index (κ2) is 5.00. The summed E-state index contributed by atoms with van der Waals surface area (Å²) >= 11 is 0. The van der Waals surface area contributed by atoms with E-state index in [1.807, 2.05) is 13.0 Å². The van der Waals surface area contributed by atoms with Gasteiger partial charge in [-0.25, -0.2) is 9.97 Å². The molecule has 2 rings (SSSR count). The van der Waals surface area contributed by atoms with Crippen molar-refractivity contribution >= 4 is 5.95 Å². The summed E-state index contributed by atoms with van der Waals surface area (Å²) in [6, 6.07) is 2.44. The highest BCUT2D eigenvalue weighted by Gasteiger charge is 2.31. The monoisotopic (exact) mass is 235 g/mol. The molecule has 0 aliphatic heterocycles. The van der Waals surface area contributed by atoms with Crippen LogP contribution in [0.1, 0.15) is 38.1 Å². The number of hydrogen-bond acceptors (Lipinski definition) is 4. The summed E-state index contributed by atoms with van der Waals surface area (Å²) in [6.07, 6.45) is 2.47. The van der Waals surface area contributed by atoms with Gasteiger partial charge < -0.3 is 10.0 Å². The van der Waals surface area contributed by atoms with Crippen LogP contribution < -0.4 is 4.90 Å². The van der Waals surface area contributed by atoms with E-state index < -0.39 is 0 Å². The highest BCUT2D eigenvalue weighted by molar-refractivity contribution is 5.36. The van der Waals surface area contributed by atoms with Gasteiger partial charge in [0.2, 0.25) is 5.95 Å². The molecule has 1 aliphatic carbocycles. The van der Waals surface area contributed by atoms with Gasteiger partial charge in [0, 0.05) is 18.3 Å². The predicted octanol–water partition coefficient (Wildman–Crippen LogP) is 1.90. The molecule has 0 amide bonds. The molecule has 17 heavy (non-hydrogen) atoms. The van der Waals surface area contributed by atoms with Crippen molar-refractivity contribution in [2.75, 3.05) is 11.4 Å². The van der Waals surface area contributed by atoms with Crippen molar-refractivity contribution in [1.29, 1.82) is 0 Å². The Bertz CT molecular complexity index is 388. The molecule has 1 aromatic rings. The third-order valence-corrected chi connectivity index (χ3v) is 2.86. The second-order valence-corrected chi connectivity index (χ2v) is 5.24. The first kappa shape index (κ1) is 12.3. The van der Waals surface area contributed by atoms with Gasteiger partial charge in [-0.2, -0.15) is 0 Å². The van der Waals surface area contributed by atoms with Gasteiger partial charge in [0.1, 0.15) is 0 Å². The summed E-state index contributed by atoms with van der Waals surface area (Å²) in [5.74, 6) is 1.38. The third kappa shape index (κ3) is 3.16. The summed E-state index contributed by atoms with van der Waals surface area (Å²) in [6.45, 7) is 7.33. The second-order valence-electron chi connectivity index (χ2n) is 5.24. The standard InChI is InChI=1S/C13H21N3O/c1-9(2)7-16(12-4-5-12)13-14-10(3)6-11(8-17)15-13/h6,9,12,17H,4-5,7-8H2,1-3H3. The van der Waals surface area contributed by atoms with Crippen LogP contribution >= 0.6 is 0 Å². The largest absolute Gasteiger partial charge is 0.390 e. The van der Waals surface area contributed by atoms with Crippen LogP contribution in [0.25, 0.3) is 0 Å². The van der Waals surface area contributed by atoms with Crippen molar-refractivity contribution in [2.45, 2.75) is 46.3 Å². The third-order valence-electron chi connectivity index (χ3n) is 2.86. The number of aromatic nitrogens is 2. The first-order valence-corrected chi connectivity index (χ1v) is 6.32. The molecule has 0 bridgehead atoms. The molecule has 0 saturated heterocycles. The van der Waals surface area contributed by atoms with Crippen molar-refractivity contribution in [2.24, 2.45) is 5.92 Å². The zero-order chi connectivity index (χ0) is 12.4. The maximum absolute atomic E-state index is 9.20. The van der Waals surface area contributed by atoms with Crippen molar-refractivity contribution in [3.05, 3.63) is 17.5 Å². The Balaban J connectivity index is 2.25. The summed E-state index contributed by atoms with van der Waals surface area (Å²) in [7, 11) is 0. The number of aliphatic hydroxyl groups excluding tert-OH is 1. The normalized spacial score (nSPS) is 15.4. The number of anilines is 1. The maximum Gasteiger partial charge on any atom is 0.226 e. The Kier molecular flexibility index (Phi) is 3.62. The molecule has 1 N–H and O–H groups in total. The van der Waals surface area contributed by atoms with Gasteiger partial charge >= 0.3 is 0 Å². The fourth-order valence-electron chi connectivity index (χ4n) is 2.00. The lowest BCUT2D eigenvalue weighted by molar-refractivity contribution is 0.276. The highest BCUT2D eigenvalue weighted by atomic mass is 16.3. The van der Waals surface area contributed by atoms with Crippen molar-refractivity contribution in [1.82, 2.24) is 9.97 Å². The number of nitrogens with zero attached hydrogens (tertiary/aromatic N) is 3. The molecule has 1 saturated carbocycles. The van der Waals surface area contributed by atoms with E-state index in [9.17, 15) is 5.11 Å². The van der Waals surface area contributed by atoms with Crippen LogP contribution in [0.2, 0.25) is 0 Å². The summed E-state index contributed by atoms with van der Waals surface area (Å²) in [4.78, 5) is 11.2. The molecule has 94 valence electrons. The predicted molar refractivity (Wildman–Crippen MR) is 67.9 cm³/mol. The lowest BCUT2D eigenvalue weighted by Crippen LogP contribution is -2.31. The number of hydrogen-bond donors (Lipinski definition) is 1. The minimum Gasteiger partial charge on any atom is -0.390 e. The Morgan fingerprint density at radius 2 is 2.12 bits per heavy atom. The van der Waals surface area contributed by atoms with E-state index in [1.54, 1.807) is 0 Å². The van der Waals surface area contributed by atoms with Gasteiger partial charge in [-0.05, 0) is 31.7 Å². The molecule has 0 radical (unpaired) electrons. The smallest absolute Gasteiger partial charge is 0.226 e. The quantitative estimate of drug-likeness (QED) is 0.847. The molecule has 1 fully saturated rings. The Morgan fingerprint density at radius 1 is 1.41 bits per heavy atom. The number of aryl methyl sites for hydroxylation is 1. The van der Waals surface area contributed by atoms with Crippen LogP contribution in [0.15, 0.2) is 6.07 Å². The molecule has 0 spiro atoms. The first-order valence-electron chi connectivity index (χ1n) is 6.32. The van der Waals surface area contributed by atoms with Crippen molar-refractivity contribution in [3.8, 4) is 0 Å². The van der Waals surface area contributed by atoms with Gasteiger partial charge in [0.15, 0.2) is 0 Å². The van der Waals surface area contributed by atoms with E-state index in [0.29, 0.717) is 17.7 Å². The van der Waals surface area contributed by atoms with E-state index in [1.165, 1.54) is 12.8 Å². The minimum atomic E-state index is -0.0173. The molecule has 1 aliphatic rings. The summed E-state index contributed by atoms with van der Waals surface area (Å²) < 4.78 is 0. The zero-order valence-electron chi connectivity index (χ0n) is 10.8. The van der Waals surface area contributed by atoms with E-state index in [4.69, 9.17) is 0 Å². The molecule has 1 aromatic heterocycles. The van der Waals surface area contributed by atoms with Crippen molar-refractivity contribution in [3.63, 3.8) is 0 Å². The highest BCUT2D eigenvalue weighted by Crippen LogP contribution is 2.30. The lowest BCUT2D eigenvalue weighted by Gasteiger charge is -2.24. The van der Waals surface area contributed by atoms with Gasteiger partial charge in [-0.3, -0.25) is 0 Å².